The van der Waals surface area contributed by atoms with Crippen molar-refractivity contribution in [3.63, 3.8) is 0 Å². The van der Waals surface area contributed by atoms with Gasteiger partial charge in [-0.15, -0.1) is 0 Å². The van der Waals surface area contributed by atoms with Crippen molar-refractivity contribution in [1.82, 2.24) is 0 Å². The van der Waals surface area contributed by atoms with Crippen LogP contribution in [0.5, 0.6) is 0 Å². The summed E-state index contributed by atoms with van der Waals surface area (Å²) in [6.45, 7) is 5.57. The molecule has 0 amide bonds. The van der Waals surface area contributed by atoms with Crippen molar-refractivity contribution in [2.24, 2.45) is 5.41 Å². The van der Waals surface area contributed by atoms with E-state index < -0.39 is 35.8 Å². The van der Waals surface area contributed by atoms with Gasteiger partial charge >= 0.3 is 5.97 Å². The highest BCUT2D eigenvalue weighted by Crippen LogP contribution is 2.23. The Bertz CT molecular complexity index is 1110. The number of esters is 1. The average molecular weight is 535 g/mol. The van der Waals surface area contributed by atoms with Gasteiger partial charge in [0.25, 0.3) is 0 Å². The van der Waals surface area contributed by atoms with E-state index in [9.17, 15) is 14.7 Å². The first kappa shape index (κ1) is 30.2. The molecule has 3 rings (SSSR count). The van der Waals surface area contributed by atoms with Crippen molar-refractivity contribution in [2.45, 2.75) is 65.0 Å². The first-order valence-electron chi connectivity index (χ1n) is 13.0. The summed E-state index contributed by atoms with van der Waals surface area (Å²) in [5.74, 6) is -0.565. The van der Waals surface area contributed by atoms with Crippen molar-refractivity contribution >= 4 is 12.3 Å². The molecule has 0 aliphatic heterocycles. The topological polar surface area (TPSA) is 91.3 Å². The first-order valence-corrected chi connectivity index (χ1v) is 13.0. The number of aliphatic hydroxyl groups is 1. The molecular formula is C32H38O7. The fraction of sp³-hybridized carbons (Fsp3) is 0.375. The summed E-state index contributed by atoms with van der Waals surface area (Å²) in [5.41, 5.74) is 1.83. The molecule has 0 aliphatic rings. The number of carbonyl (C=O) groups is 2. The standard InChI is InChI=1S/C32H38O7/c1-32(2,3)31(35)39-28(19-33)30(38-22-26-17-11-6-12-18-26)29(37-21-25-15-9-5-10-16-25)27(34)23-36-20-24-13-7-4-8-14-24/h4-19,27-30,34H,20-23H2,1-3H3/t27-,28+,29-,30-/m1/s1. The molecule has 208 valence electrons. The molecule has 4 atom stereocenters. The van der Waals surface area contributed by atoms with E-state index in [4.69, 9.17) is 18.9 Å². The van der Waals surface area contributed by atoms with Crippen molar-refractivity contribution in [3.8, 4) is 0 Å². The molecule has 0 aromatic heterocycles. The van der Waals surface area contributed by atoms with Crippen molar-refractivity contribution < 1.29 is 33.6 Å². The quantitative estimate of drug-likeness (QED) is 0.219. The lowest BCUT2D eigenvalue weighted by Crippen LogP contribution is -2.51. The van der Waals surface area contributed by atoms with Gasteiger partial charge in [-0.1, -0.05) is 91.0 Å². The van der Waals surface area contributed by atoms with Crippen LogP contribution in [-0.2, 0) is 48.4 Å². The predicted molar refractivity (Wildman–Crippen MR) is 148 cm³/mol. The van der Waals surface area contributed by atoms with E-state index in [2.05, 4.69) is 0 Å². The summed E-state index contributed by atoms with van der Waals surface area (Å²) >= 11 is 0. The predicted octanol–water partition coefficient (Wildman–Crippen LogP) is 4.89. The molecule has 0 fully saturated rings. The Hall–Kier alpha value is -3.36. The monoisotopic (exact) mass is 534 g/mol. The van der Waals surface area contributed by atoms with Gasteiger partial charge in [0, 0.05) is 0 Å². The average Bonchev–Trinajstić information content (AvgIpc) is 2.94. The van der Waals surface area contributed by atoms with Gasteiger partial charge in [0.15, 0.2) is 12.4 Å². The number of carbonyl (C=O) groups excluding carboxylic acids is 2. The lowest BCUT2D eigenvalue weighted by molar-refractivity contribution is -0.194. The van der Waals surface area contributed by atoms with Crippen LogP contribution in [0.15, 0.2) is 91.0 Å². The molecule has 0 radical (unpaired) electrons. The second-order valence-corrected chi connectivity index (χ2v) is 10.3. The SMILES string of the molecule is CC(C)(C)C(=O)O[C@@H](C=O)[C@@H](OCc1ccccc1)[C@H](OCc1ccccc1)[C@H](O)COCc1ccccc1. The number of aldehydes is 1. The third-order valence-corrected chi connectivity index (χ3v) is 5.99. The summed E-state index contributed by atoms with van der Waals surface area (Å²) in [4.78, 5) is 25.0. The van der Waals surface area contributed by atoms with E-state index in [1.807, 2.05) is 91.0 Å². The van der Waals surface area contributed by atoms with Gasteiger partial charge < -0.3 is 24.1 Å². The van der Waals surface area contributed by atoms with Crippen LogP contribution in [0, 0.1) is 5.41 Å². The molecule has 39 heavy (non-hydrogen) atoms. The Labute approximate surface area is 230 Å². The second-order valence-electron chi connectivity index (χ2n) is 10.3. The van der Waals surface area contributed by atoms with E-state index in [0.29, 0.717) is 6.29 Å². The van der Waals surface area contributed by atoms with E-state index in [1.54, 1.807) is 20.8 Å². The van der Waals surface area contributed by atoms with Gasteiger partial charge in [-0.25, -0.2) is 0 Å². The number of hydrogen-bond donors (Lipinski definition) is 1. The van der Waals surface area contributed by atoms with Crippen LogP contribution in [0.3, 0.4) is 0 Å². The van der Waals surface area contributed by atoms with Crippen molar-refractivity contribution in [1.29, 1.82) is 0 Å². The van der Waals surface area contributed by atoms with Gasteiger partial charge in [0.05, 0.1) is 31.8 Å². The van der Waals surface area contributed by atoms with Gasteiger partial charge in [-0.3, -0.25) is 9.59 Å². The minimum atomic E-state index is -1.31. The highest BCUT2D eigenvalue weighted by atomic mass is 16.6. The molecule has 1 N–H and O–H groups in total. The van der Waals surface area contributed by atoms with Gasteiger partial charge in [-0.2, -0.15) is 0 Å². The fourth-order valence-corrected chi connectivity index (χ4v) is 3.77. The fourth-order valence-electron chi connectivity index (χ4n) is 3.77. The highest BCUT2D eigenvalue weighted by molar-refractivity contribution is 5.77. The summed E-state index contributed by atoms with van der Waals surface area (Å²) in [6, 6.07) is 28.4. The largest absolute Gasteiger partial charge is 0.451 e. The minimum absolute atomic E-state index is 0.0850. The zero-order valence-corrected chi connectivity index (χ0v) is 22.8. The molecule has 0 saturated heterocycles. The normalized spacial score (nSPS) is 14.7. The summed E-state index contributed by atoms with van der Waals surface area (Å²) in [6.07, 6.45) is -4.13. The summed E-state index contributed by atoms with van der Waals surface area (Å²) in [5, 5.41) is 11.3. The van der Waals surface area contributed by atoms with Crippen LogP contribution in [0.2, 0.25) is 0 Å². The van der Waals surface area contributed by atoms with E-state index in [1.165, 1.54) is 0 Å². The molecule has 0 heterocycles. The maximum atomic E-state index is 12.7. The second kappa shape index (κ2) is 15.3. The number of benzene rings is 3. The smallest absolute Gasteiger partial charge is 0.312 e. The molecule has 3 aromatic carbocycles. The lowest BCUT2D eigenvalue weighted by Gasteiger charge is -2.34. The van der Waals surface area contributed by atoms with Crippen LogP contribution in [-0.4, -0.2) is 48.4 Å². The molecule has 0 spiro atoms. The Morgan fingerprint density at radius 3 is 1.62 bits per heavy atom. The number of hydrogen-bond acceptors (Lipinski definition) is 7. The molecular weight excluding hydrogens is 496 g/mol. The maximum Gasteiger partial charge on any atom is 0.312 e. The van der Waals surface area contributed by atoms with Gasteiger partial charge in [0.1, 0.15) is 18.3 Å². The Kier molecular flexibility index (Phi) is 11.8. The van der Waals surface area contributed by atoms with Crippen molar-refractivity contribution in [2.75, 3.05) is 6.61 Å². The number of ether oxygens (including phenoxy) is 4. The zero-order valence-electron chi connectivity index (χ0n) is 22.8. The summed E-state index contributed by atoms with van der Waals surface area (Å²) in [7, 11) is 0. The van der Waals surface area contributed by atoms with Crippen LogP contribution in [0.4, 0.5) is 0 Å². The van der Waals surface area contributed by atoms with Crippen LogP contribution in [0.25, 0.3) is 0 Å². The molecule has 3 aromatic rings. The van der Waals surface area contributed by atoms with Crippen LogP contribution in [0.1, 0.15) is 37.5 Å². The molecule has 0 bridgehead atoms. The summed E-state index contributed by atoms with van der Waals surface area (Å²) < 4.78 is 23.8. The molecule has 7 nitrogen and oxygen atoms in total. The maximum absolute atomic E-state index is 12.7. The molecule has 0 unspecified atom stereocenters. The third-order valence-electron chi connectivity index (χ3n) is 5.99. The Morgan fingerprint density at radius 2 is 1.18 bits per heavy atom. The van der Waals surface area contributed by atoms with Crippen LogP contribution < -0.4 is 0 Å². The van der Waals surface area contributed by atoms with Crippen molar-refractivity contribution in [3.05, 3.63) is 108 Å². The van der Waals surface area contributed by atoms with E-state index >= 15 is 0 Å². The molecule has 7 heteroatoms. The first-order chi connectivity index (χ1) is 18.8. The van der Waals surface area contributed by atoms with Crippen LogP contribution >= 0.6 is 0 Å². The highest BCUT2D eigenvalue weighted by Gasteiger charge is 2.40. The van der Waals surface area contributed by atoms with Gasteiger partial charge in [0.2, 0.25) is 0 Å². The van der Waals surface area contributed by atoms with E-state index in [0.717, 1.165) is 16.7 Å². The Balaban J connectivity index is 1.85. The minimum Gasteiger partial charge on any atom is -0.451 e. The van der Waals surface area contributed by atoms with Gasteiger partial charge in [-0.05, 0) is 37.5 Å². The zero-order chi connectivity index (χ0) is 28.1. The Morgan fingerprint density at radius 1 is 0.744 bits per heavy atom. The molecule has 0 saturated carbocycles. The van der Waals surface area contributed by atoms with E-state index in [-0.39, 0.29) is 26.4 Å². The number of aliphatic hydroxyl groups excluding tert-OH is 1. The third kappa shape index (κ3) is 10.0. The molecule has 0 aliphatic carbocycles. The number of rotatable bonds is 15. The lowest BCUT2D eigenvalue weighted by atomic mass is 9.96.